The van der Waals surface area contributed by atoms with E-state index in [2.05, 4.69) is 24.3 Å². The molecule has 0 aliphatic heterocycles. The van der Waals surface area contributed by atoms with Gasteiger partial charge in [-0.1, -0.05) is 32.0 Å². The number of rotatable bonds is 5. The molecule has 0 saturated heterocycles. The zero-order valence-electron chi connectivity index (χ0n) is 15.2. The maximum Gasteiger partial charge on any atom is 0.368 e. The molecule has 0 N–H and O–H groups in total. The molecule has 0 aliphatic rings. The van der Waals surface area contributed by atoms with Gasteiger partial charge in [-0.2, -0.15) is 9.36 Å². The van der Waals surface area contributed by atoms with Crippen LogP contribution in [-0.4, -0.2) is 19.8 Å². The normalized spacial score (nSPS) is 11.2. The minimum absolute atomic E-state index is 0.191. The first-order chi connectivity index (χ1) is 12.4. The Bertz CT molecular complexity index is 991. The second-order valence-electron chi connectivity index (χ2n) is 6.49. The first-order valence-corrected chi connectivity index (χ1v) is 8.38. The zero-order chi connectivity index (χ0) is 18.8. The van der Waals surface area contributed by atoms with Gasteiger partial charge in [0.2, 0.25) is 0 Å². The molecule has 3 rings (SSSR count). The van der Waals surface area contributed by atoms with E-state index in [1.54, 1.807) is 19.2 Å². The standard InChI is InChI=1S/C19H21FN4O2/c1-12(2)15-6-5-7-17(24-19(25)23(4)21-22-24)16(15)11-26-18-10-14(20)9-8-13(18)3/h5-10,12H,11H2,1-4H3. The van der Waals surface area contributed by atoms with Gasteiger partial charge in [0.15, 0.2) is 0 Å². The molecular weight excluding hydrogens is 335 g/mol. The lowest BCUT2D eigenvalue weighted by Crippen LogP contribution is -2.23. The average Bonchev–Trinajstić information content (AvgIpc) is 2.94. The van der Waals surface area contributed by atoms with E-state index in [9.17, 15) is 9.18 Å². The number of ether oxygens (including phenoxy) is 1. The molecule has 0 spiro atoms. The minimum Gasteiger partial charge on any atom is -0.488 e. The molecule has 3 aromatic rings. The summed E-state index contributed by atoms with van der Waals surface area (Å²) >= 11 is 0. The molecule has 136 valence electrons. The van der Waals surface area contributed by atoms with Crippen LogP contribution in [0.1, 0.15) is 36.5 Å². The van der Waals surface area contributed by atoms with Crippen LogP contribution in [0.4, 0.5) is 4.39 Å². The summed E-state index contributed by atoms with van der Waals surface area (Å²) in [6.07, 6.45) is 0. The van der Waals surface area contributed by atoms with E-state index in [0.717, 1.165) is 16.7 Å². The highest BCUT2D eigenvalue weighted by Crippen LogP contribution is 2.27. The average molecular weight is 356 g/mol. The summed E-state index contributed by atoms with van der Waals surface area (Å²) in [5.41, 5.74) is 2.98. The minimum atomic E-state index is -0.354. The highest BCUT2D eigenvalue weighted by Gasteiger charge is 2.17. The van der Waals surface area contributed by atoms with E-state index >= 15 is 0 Å². The highest BCUT2D eigenvalue weighted by molar-refractivity contribution is 5.46. The molecule has 0 unspecified atom stereocenters. The Morgan fingerprint density at radius 3 is 2.62 bits per heavy atom. The topological polar surface area (TPSA) is 61.9 Å². The maximum absolute atomic E-state index is 13.5. The number of aryl methyl sites for hydroxylation is 2. The molecule has 0 bridgehead atoms. The quantitative estimate of drug-likeness (QED) is 0.705. The zero-order valence-corrected chi connectivity index (χ0v) is 15.2. The number of nitrogens with zero attached hydrogens (tertiary/aromatic N) is 4. The van der Waals surface area contributed by atoms with Crippen molar-refractivity contribution in [2.24, 2.45) is 7.05 Å². The van der Waals surface area contributed by atoms with Crippen LogP contribution in [0, 0.1) is 12.7 Å². The Labute approximate surface area is 150 Å². The Morgan fingerprint density at radius 2 is 1.96 bits per heavy atom. The Balaban J connectivity index is 2.05. The van der Waals surface area contributed by atoms with E-state index < -0.39 is 0 Å². The van der Waals surface area contributed by atoms with E-state index in [1.165, 1.54) is 21.5 Å². The molecule has 6 nitrogen and oxygen atoms in total. The molecule has 0 atom stereocenters. The third-order valence-electron chi connectivity index (χ3n) is 4.28. The summed E-state index contributed by atoms with van der Waals surface area (Å²) in [7, 11) is 1.55. The monoisotopic (exact) mass is 356 g/mol. The number of benzene rings is 2. The summed E-state index contributed by atoms with van der Waals surface area (Å²) in [4.78, 5) is 12.3. The molecule has 0 radical (unpaired) electrons. The van der Waals surface area contributed by atoms with Crippen LogP contribution in [0.3, 0.4) is 0 Å². The second kappa shape index (κ2) is 7.11. The molecule has 1 heterocycles. The number of tetrazole rings is 1. The predicted molar refractivity (Wildman–Crippen MR) is 96.2 cm³/mol. The number of halogens is 1. The van der Waals surface area contributed by atoms with E-state index in [-0.39, 0.29) is 24.0 Å². The van der Waals surface area contributed by atoms with Gasteiger partial charge >= 0.3 is 5.69 Å². The van der Waals surface area contributed by atoms with Crippen molar-refractivity contribution in [2.45, 2.75) is 33.3 Å². The third kappa shape index (κ3) is 3.37. The Hall–Kier alpha value is -2.96. The molecule has 0 saturated carbocycles. The fraction of sp³-hybridized carbons (Fsp3) is 0.316. The summed E-state index contributed by atoms with van der Waals surface area (Å²) in [5, 5.41) is 7.71. The summed E-state index contributed by atoms with van der Waals surface area (Å²) in [5.74, 6) is 0.337. The van der Waals surface area contributed by atoms with Crippen LogP contribution in [0.5, 0.6) is 5.75 Å². The van der Waals surface area contributed by atoms with Crippen molar-refractivity contribution in [3.05, 3.63) is 69.4 Å². The highest BCUT2D eigenvalue weighted by atomic mass is 19.1. The van der Waals surface area contributed by atoms with Crippen molar-refractivity contribution < 1.29 is 9.13 Å². The fourth-order valence-corrected chi connectivity index (χ4v) is 2.83. The Kier molecular flexibility index (Phi) is 4.88. The van der Waals surface area contributed by atoms with Crippen molar-refractivity contribution in [2.75, 3.05) is 0 Å². The van der Waals surface area contributed by atoms with E-state index in [1.807, 2.05) is 19.1 Å². The predicted octanol–water partition coefficient (Wildman–Crippen LogP) is 3.12. The molecule has 26 heavy (non-hydrogen) atoms. The second-order valence-corrected chi connectivity index (χ2v) is 6.49. The van der Waals surface area contributed by atoms with Gasteiger partial charge in [-0.05, 0) is 46.5 Å². The SMILES string of the molecule is Cc1ccc(F)cc1OCc1c(C(C)C)cccc1-n1nnn(C)c1=O. The molecule has 0 fully saturated rings. The van der Waals surface area contributed by atoms with Gasteiger partial charge in [0, 0.05) is 18.7 Å². The number of hydrogen-bond acceptors (Lipinski definition) is 4. The Morgan fingerprint density at radius 1 is 1.19 bits per heavy atom. The van der Waals surface area contributed by atoms with E-state index in [4.69, 9.17) is 4.74 Å². The van der Waals surface area contributed by atoms with Crippen LogP contribution >= 0.6 is 0 Å². The molecule has 1 aromatic heterocycles. The molecular formula is C19H21FN4O2. The molecule has 7 heteroatoms. The first-order valence-electron chi connectivity index (χ1n) is 8.38. The van der Waals surface area contributed by atoms with Gasteiger partial charge in [-0.25, -0.2) is 9.18 Å². The van der Waals surface area contributed by atoms with Crippen molar-refractivity contribution in [1.29, 1.82) is 0 Å². The van der Waals surface area contributed by atoms with E-state index in [0.29, 0.717) is 11.4 Å². The van der Waals surface area contributed by atoms with Gasteiger partial charge in [0.25, 0.3) is 0 Å². The lowest BCUT2D eigenvalue weighted by Gasteiger charge is -2.18. The third-order valence-corrected chi connectivity index (χ3v) is 4.28. The number of aromatic nitrogens is 4. The van der Waals surface area contributed by atoms with Crippen molar-refractivity contribution in [3.8, 4) is 11.4 Å². The van der Waals surface area contributed by atoms with Crippen LogP contribution < -0.4 is 10.4 Å². The molecule has 0 amide bonds. The first kappa shape index (κ1) is 17.8. The van der Waals surface area contributed by atoms with Gasteiger partial charge in [0.05, 0.1) is 5.69 Å². The van der Waals surface area contributed by atoms with Gasteiger partial charge < -0.3 is 4.74 Å². The van der Waals surface area contributed by atoms with Gasteiger partial charge in [-0.3, -0.25) is 0 Å². The largest absolute Gasteiger partial charge is 0.488 e. The van der Waals surface area contributed by atoms with Crippen LogP contribution in [0.15, 0.2) is 41.2 Å². The van der Waals surface area contributed by atoms with Gasteiger partial charge in [-0.15, -0.1) is 0 Å². The summed E-state index contributed by atoms with van der Waals surface area (Å²) in [6, 6.07) is 10.1. The lowest BCUT2D eigenvalue weighted by molar-refractivity contribution is 0.300. The summed E-state index contributed by atoms with van der Waals surface area (Å²) in [6.45, 7) is 6.18. The molecule has 0 aliphatic carbocycles. The summed E-state index contributed by atoms with van der Waals surface area (Å²) < 4.78 is 21.8. The maximum atomic E-state index is 13.5. The molecule has 2 aromatic carbocycles. The van der Waals surface area contributed by atoms with Crippen molar-refractivity contribution >= 4 is 0 Å². The van der Waals surface area contributed by atoms with Gasteiger partial charge in [0.1, 0.15) is 18.2 Å². The van der Waals surface area contributed by atoms with Crippen LogP contribution in [0.2, 0.25) is 0 Å². The fourth-order valence-electron chi connectivity index (χ4n) is 2.83. The van der Waals surface area contributed by atoms with Crippen molar-refractivity contribution in [3.63, 3.8) is 0 Å². The van der Waals surface area contributed by atoms with Crippen LogP contribution in [0.25, 0.3) is 5.69 Å². The van der Waals surface area contributed by atoms with Crippen LogP contribution in [-0.2, 0) is 13.7 Å². The number of hydrogen-bond donors (Lipinski definition) is 0. The smallest absolute Gasteiger partial charge is 0.368 e. The lowest BCUT2D eigenvalue weighted by atomic mass is 9.96. The van der Waals surface area contributed by atoms with Crippen molar-refractivity contribution in [1.82, 2.24) is 19.8 Å².